The van der Waals surface area contributed by atoms with Gasteiger partial charge < -0.3 is 15.7 Å². The number of anilines is 2. The second-order valence-electron chi connectivity index (χ2n) is 6.88. The zero-order valence-electron chi connectivity index (χ0n) is 17.4. The molecule has 0 fully saturated rings. The molecule has 0 spiro atoms. The molecule has 4 aromatic heterocycles. The zero-order chi connectivity index (χ0) is 24.1. The van der Waals surface area contributed by atoms with Crippen LogP contribution in [0.4, 0.5) is 24.8 Å². The van der Waals surface area contributed by atoms with Crippen LogP contribution in [0, 0.1) is 0 Å². The summed E-state index contributed by atoms with van der Waals surface area (Å²) in [5, 5.41) is 25.8. The molecule has 4 rings (SSSR count). The van der Waals surface area contributed by atoms with Crippen LogP contribution in [-0.4, -0.2) is 54.1 Å². The van der Waals surface area contributed by atoms with E-state index < -0.39 is 17.8 Å². The number of hydrogen-bond acceptors (Lipinski definition) is 8. The predicted molar refractivity (Wildman–Crippen MR) is 115 cm³/mol. The number of carbonyl (C=O) groups is 1. The molecule has 0 aliphatic carbocycles. The first-order valence-electron chi connectivity index (χ1n) is 9.89. The molecular formula is C21H17F3N8O2. The van der Waals surface area contributed by atoms with Crippen LogP contribution in [0.25, 0.3) is 17.1 Å². The number of aliphatic hydroxyl groups is 1. The molecule has 0 unspecified atom stereocenters. The van der Waals surface area contributed by atoms with Crippen LogP contribution in [-0.2, 0) is 6.18 Å². The van der Waals surface area contributed by atoms with Crippen molar-refractivity contribution in [3.8, 4) is 17.1 Å². The second-order valence-corrected chi connectivity index (χ2v) is 6.88. The number of rotatable bonds is 7. The number of alkyl halides is 3. The topological polar surface area (TPSA) is 131 Å². The third-order valence-electron chi connectivity index (χ3n) is 4.51. The van der Waals surface area contributed by atoms with Crippen molar-refractivity contribution in [2.24, 2.45) is 0 Å². The van der Waals surface area contributed by atoms with Gasteiger partial charge in [-0.1, -0.05) is 0 Å². The molecule has 0 aliphatic heterocycles. The van der Waals surface area contributed by atoms with E-state index >= 15 is 0 Å². The third kappa shape index (κ3) is 5.15. The van der Waals surface area contributed by atoms with Crippen molar-refractivity contribution < 1.29 is 23.1 Å². The van der Waals surface area contributed by atoms with Crippen LogP contribution in [0.15, 0.2) is 61.1 Å². The number of nitrogens with one attached hydrogen (secondary N) is 2. The average molecular weight is 470 g/mol. The molecule has 0 aliphatic rings. The molecule has 13 heteroatoms. The maximum absolute atomic E-state index is 13.6. The second kappa shape index (κ2) is 9.62. The zero-order valence-corrected chi connectivity index (χ0v) is 17.4. The summed E-state index contributed by atoms with van der Waals surface area (Å²) >= 11 is 0. The van der Waals surface area contributed by atoms with E-state index in [1.165, 1.54) is 36.8 Å². The highest BCUT2D eigenvalue weighted by atomic mass is 19.4. The van der Waals surface area contributed by atoms with Crippen LogP contribution < -0.4 is 10.6 Å². The van der Waals surface area contributed by atoms with E-state index in [0.717, 1.165) is 6.07 Å². The molecule has 0 bridgehead atoms. The Hall–Kier alpha value is -4.39. The van der Waals surface area contributed by atoms with Crippen LogP contribution in [0.2, 0.25) is 0 Å². The minimum atomic E-state index is -4.69. The lowest BCUT2D eigenvalue weighted by molar-refractivity contribution is -0.142. The van der Waals surface area contributed by atoms with Crippen LogP contribution in [0.5, 0.6) is 0 Å². The Labute approximate surface area is 190 Å². The van der Waals surface area contributed by atoms with E-state index in [9.17, 15) is 18.0 Å². The van der Waals surface area contributed by atoms with Crippen LogP contribution >= 0.6 is 0 Å². The molecule has 34 heavy (non-hydrogen) atoms. The molecule has 1 amide bonds. The van der Waals surface area contributed by atoms with Crippen LogP contribution in [0.3, 0.4) is 0 Å². The molecule has 0 saturated carbocycles. The van der Waals surface area contributed by atoms with E-state index in [-0.39, 0.29) is 29.5 Å². The van der Waals surface area contributed by atoms with Crippen molar-refractivity contribution in [1.29, 1.82) is 0 Å². The lowest BCUT2D eigenvalue weighted by Gasteiger charge is -2.09. The Morgan fingerprint density at radius 2 is 1.88 bits per heavy atom. The molecule has 3 N–H and O–H groups in total. The Morgan fingerprint density at radius 1 is 1.06 bits per heavy atom. The van der Waals surface area contributed by atoms with Gasteiger partial charge in [0.05, 0.1) is 17.9 Å². The Balaban J connectivity index is 1.53. The Morgan fingerprint density at radius 3 is 2.50 bits per heavy atom. The average Bonchev–Trinajstić information content (AvgIpc) is 3.30. The fraction of sp³-hybridized carbons (Fsp3) is 0.143. The number of nitrogens with zero attached hydrogens (tertiary/aromatic N) is 6. The van der Waals surface area contributed by atoms with Crippen molar-refractivity contribution >= 4 is 17.5 Å². The van der Waals surface area contributed by atoms with Crippen molar-refractivity contribution in [2.75, 3.05) is 23.8 Å². The number of carbonyl (C=O) groups excluding carboxylic acids is 1. The molecule has 0 saturated heterocycles. The minimum Gasteiger partial charge on any atom is -0.395 e. The largest absolute Gasteiger partial charge is 0.433 e. The summed E-state index contributed by atoms with van der Waals surface area (Å²) in [6.07, 6.45) is -0.451. The predicted octanol–water partition coefficient (Wildman–Crippen LogP) is 2.79. The lowest BCUT2D eigenvalue weighted by Crippen LogP contribution is -2.16. The summed E-state index contributed by atoms with van der Waals surface area (Å²) in [5.41, 5.74) is -0.315. The Bertz CT molecular complexity index is 1260. The number of amides is 1. The number of aliphatic hydroxyl groups excluding tert-OH is 1. The summed E-state index contributed by atoms with van der Waals surface area (Å²) < 4.78 is 41.4. The maximum Gasteiger partial charge on any atom is 0.433 e. The molecule has 174 valence electrons. The summed E-state index contributed by atoms with van der Waals surface area (Å²) in [6.45, 7) is 0.253. The van der Waals surface area contributed by atoms with E-state index in [0.29, 0.717) is 22.6 Å². The SMILES string of the molecule is O=C(Nc1ccc(-n2nc(-c3cccnc3)cc2C(F)(F)F)nn1)c1ccc(NCCO)nc1. The fourth-order valence-corrected chi connectivity index (χ4v) is 2.92. The van der Waals surface area contributed by atoms with E-state index in [1.807, 2.05) is 0 Å². The highest BCUT2D eigenvalue weighted by Gasteiger charge is 2.37. The standard InChI is InChI=1S/C21H17F3N8O2/c22-21(23,24)16-10-15(13-2-1-7-25-11-13)31-32(16)19-6-5-18(29-30-19)28-20(34)14-3-4-17(27-12-14)26-8-9-33/h1-7,10-12,33H,8-9H2,(H,26,27)(H,28,29,34). The first kappa shape index (κ1) is 22.8. The van der Waals surface area contributed by atoms with Crippen LogP contribution in [0.1, 0.15) is 16.1 Å². The van der Waals surface area contributed by atoms with Crippen molar-refractivity contribution in [3.05, 3.63) is 72.3 Å². The van der Waals surface area contributed by atoms with Crippen molar-refractivity contribution in [1.82, 2.24) is 29.9 Å². The summed E-state index contributed by atoms with van der Waals surface area (Å²) in [4.78, 5) is 20.3. The third-order valence-corrected chi connectivity index (χ3v) is 4.51. The van der Waals surface area contributed by atoms with Gasteiger partial charge in [0.25, 0.3) is 5.91 Å². The molecule has 4 aromatic rings. The summed E-state index contributed by atoms with van der Waals surface area (Å²) in [5.74, 6) is -0.192. The number of halogens is 3. The first-order valence-corrected chi connectivity index (χ1v) is 9.89. The highest BCUT2D eigenvalue weighted by Crippen LogP contribution is 2.33. The lowest BCUT2D eigenvalue weighted by atomic mass is 10.2. The number of pyridine rings is 2. The smallest absolute Gasteiger partial charge is 0.395 e. The molecule has 0 radical (unpaired) electrons. The van der Waals surface area contributed by atoms with Gasteiger partial charge in [0.2, 0.25) is 0 Å². The van der Waals surface area contributed by atoms with E-state index in [1.54, 1.807) is 18.2 Å². The molecule has 0 atom stereocenters. The van der Waals surface area contributed by atoms with Crippen molar-refractivity contribution in [2.45, 2.75) is 6.18 Å². The summed E-state index contributed by atoms with van der Waals surface area (Å²) in [6, 6.07) is 9.75. The van der Waals surface area contributed by atoms with Gasteiger partial charge in [-0.25, -0.2) is 9.67 Å². The van der Waals surface area contributed by atoms with Gasteiger partial charge in [-0.3, -0.25) is 9.78 Å². The van der Waals surface area contributed by atoms with Gasteiger partial charge in [-0.2, -0.15) is 18.3 Å². The maximum atomic E-state index is 13.6. The van der Waals surface area contributed by atoms with Crippen molar-refractivity contribution in [3.63, 3.8) is 0 Å². The molecule has 0 aromatic carbocycles. The van der Waals surface area contributed by atoms with Gasteiger partial charge in [0, 0.05) is 30.7 Å². The molecular weight excluding hydrogens is 453 g/mol. The van der Waals surface area contributed by atoms with E-state index in [2.05, 4.69) is 35.9 Å². The van der Waals surface area contributed by atoms with Gasteiger partial charge in [0.15, 0.2) is 17.3 Å². The summed E-state index contributed by atoms with van der Waals surface area (Å²) in [7, 11) is 0. The Kier molecular flexibility index (Phi) is 6.45. The first-order chi connectivity index (χ1) is 16.3. The van der Waals surface area contributed by atoms with Gasteiger partial charge >= 0.3 is 6.18 Å². The van der Waals surface area contributed by atoms with Gasteiger partial charge in [-0.15, -0.1) is 10.2 Å². The fourth-order valence-electron chi connectivity index (χ4n) is 2.92. The van der Waals surface area contributed by atoms with E-state index in [4.69, 9.17) is 5.11 Å². The molecule has 10 nitrogen and oxygen atoms in total. The normalized spacial score (nSPS) is 11.3. The minimum absolute atomic E-state index is 0.0319. The number of hydrogen-bond donors (Lipinski definition) is 3. The monoisotopic (exact) mass is 470 g/mol. The van der Waals surface area contributed by atoms with Gasteiger partial charge in [0.1, 0.15) is 5.82 Å². The number of aromatic nitrogens is 6. The molecule has 4 heterocycles. The quantitative estimate of drug-likeness (QED) is 0.376. The van der Waals surface area contributed by atoms with Gasteiger partial charge in [-0.05, 0) is 42.5 Å². The highest BCUT2D eigenvalue weighted by molar-refractivity contribution is 6.03.